The summed E-state index contributed by atoms with van der Waals surface area (Å²) in [5.41, 5.74) is 0.437. The molecule has 1 heterocycles. The van der Waals surface area contributed by atoms with Crippen LogP contribution in [0.15, 0.2) is 75.9 Å². The molecular weight excluding hydrogens is 473 g/mol. The van der Waals surface area contributed by atoms with Crippen molar-refractivity contribution in [3.05, 3.63) is 81.2 Å². The van der Waals surface area contributed by atoms with Gasteiger partial charge in [-0.3, -0.25) is 14.2 Å². The van der Waals surface area contributed by atoms with Crippen molar-refractivity contribution in [2.45, 2.75) is 6.92 Å². The first-order valence-corrected chi connectivity index (χ1v) is 9.83. The maximum absolute atomic E-state index is 12.2. The van der Waals surface area contributed by atoms with Crippen LogP contribution in [0, 0.1) is 11.5 Å². The third-order valence-corrected chi connectivity index (χ3v) is 4.47. The zero-order valence-corrected chi connectivity index (χ0v) is 18.3. The van der Waals surface area contributed by atoms with E-state index < -0.39 is 12.1 Å². The van der Waals surface area contributed by atoms with Crippen molar-refractivity contribution in [2.24, 2.45) is 10.3 Å². The summed E-state index contributed by atoms with van der Waals surface area (Å²) < 4.78 is 11.4. The average molecular weight is 486 g/mol. The first-order valence-electron chi connectivity index (χ1n) is 9.07. The molecule has 33 heavy (non-hydrogen) atoms. The average Bonchev–Trinajstić information content (AvgIpc) is 2.78. The SMILES string of the molecule is CC(=O)OC(=O)/N=N/N(C#N)c1cc(Cl)c(Oc2ccc(=O)n(-c3ccccc3)c2)c(Cl)c1. The first kappa shape index (κ1) is 23.5. The molecule has 1 aromatic heterocycles. The summed E-state index contributed by atoms with van der Waals surface area (Å²) in [7, 11) is 0. The van der Waals surface area contributed by atoms with Gasteiger partial charge in [-0.05, 0) is 35.6 Å². The van der Waals surface area contributed by atoms with Crippen molar-refractivity contribution in [3.8, 4) is 23.4 Å². The fraction of sp³-hybridized carbons (Fsp3) is 0.0476. The topological polar surface area (TPSA) is 126 Å². The second kappa shape index (κ2) is 10.4. The standard InChI is InChI=1S/C21H13Cl2N5O5/c1-13(29)32-21(31)25-26-28(12-24)15-9-17(22)20(18(23)10-15)33-16-7-8-19(30)27(11-16)14-5-3-2-4-6-14/h2-11H,1H3/b26-25+. The van der Waals surface area contributed by atoms with Crippen LogP contribution in [0.3, 0.4) is 0 Å². The number of anilines is 1. The molecule has 0 saturated heterocycles. The second-order valence-corrected chi connectivity index (χ2v) is 7.02. The molecule has 3 rings (SSSR count). The predicted octanol–water partition coefficient (Wildman–Crippen LogP) is 5.27. The van der Waals surface area contributed by atoms with Crippen LogP contribution >= 0.6 is 23.2 Å². The van der Waals surface area contributed by atoms with Crippen LogP contribution in [0.2, 0.25) is 10.0 Å². The molecule has 2 aromatic carbocycles. The third kappa shape index (κ3) is 5.94. The minimum Gasteiger partial charge on any atom is -0.453 e. The molecule has 0 radical (unpaired) electrons. The highest BCUT2D eigenvalue weighted by molar-refractivity contribution is 6.37. The number of halogens is 2. The molecule has 166 valence electrons. The van der Waals surface area contributed by atoms with E-state index in [0.29, 0.717) is 10.7 Å². The molecule has 0 aliphatic rings. The van der Waals surface area contributed by atoms with Gasteiger partial charge in [-0.2, -0.15) is 5.26 Å². The van der Waals surface area contributed by atoms with Crippen LogP contribution in [0.4, 0.5) is 10.5 Å². The lowest BCUT2D eigenvalue weighted by Crippen LogP contribution is -2.16. The normalized spacial score (nSPS) is 10.5. The van der Waals surface area contributed by atoms with Crippen molar-refractivity contribution in [1.29, 1.82) is 5.26 Å². The van der Waals surface area contributed by atoms with Crippen molar-refractivity contribution < 1.29 is 19.1 Å². The Balaban J connectivity index is 1.87. The number of aromatic nitrogens is 1. The number of ether oxygens (including phenoxy) is 2. The number of carbonyl (C=O) groups excluding carboxylic acids is 2. The number of carbonyl (C=O) groups is 2. The molecule has 1 amide bonds. The van der Waals surface area contributed by atoms with E-state index in [-0.39, 0.29) is 32.8 Å². The van der Waals surface area contributed by atoms with E-state index in [9.17, 15) is 19.6 Å². The Morgan fingerprint density at radius 2 is 1.76 bits per heavy atom. The molecule has 0 fully saturated rings. The molecular formula is C21H13Cl2N5O5. The van der Waals surface area contributed by atoms with Gasteiger partial charge in [-0.15, -0.1) is 5.01 Å². The number of nitriles is 1. The van der Waals surface area contributed by atoms with E-state index in [1.807, 2.05) is 6.07 Å². The monoisotopic (exact) mass is 485 g/mol. The predicted molar refractivity (Wildman–Crippen MR) is 119 cm³/mol. The number of benzene rings is 2. The highest BCUT2D eigenvalue weighted by Crippen LogP contribution is 2.39. The van der Waals surface area contributed by atoms with Gasteiger partial charge in [0.1, 0.15) is 5.75 Å². The van der Waals surface area contributed by atoms with Crippen LogP contribution in [-0.2, 0) is 9.53 Å². The second-order valence-electron chi connectivity index (χ2n) is 6.21. The van der Waals surface area contributed by atoms with E-state index in [0.717, 1.165) is 6.92 Å². The summed E-state index contributed by atoms with van der Waals surface area (Å²) >= 11 is 12.6. The van der Waals surface area contributed by atoms with Crippen LogP contribution in [0.5, 0.6) is 11.5 Å². The summed E-state index contributed by atoms with van der Waals surface area (Å²) in [5.74, 6) is -0.543. The molecule has 0 aliphatic heterocycles. The van der Waals surface area contributed by atoms with Crippen molar-refractivity contribution in [3.63, 3.8) is 0 Å². The molecule has 0 saturated carbocycles. The van der Waals surface area contributed by atoms with E-state index in [1.54, 1.807) is 30.5 Å². The van der Waals surface area contributed by atoms with E-state index >= 15 is 0 Å². The fourth-order valence-electron chi connectivity index (χ4n) is 2.56. The summed E-state index contributed by atoms with van der Waals surface area (Å²) in [6.45, 7) is 1.01. The molecule has 0 spiro atoms. The van der Waals surface area contributed by atoms with Crippen molar-refractivity contribution in [2.75, 3.05) is 5.01 Å². The van der Waals surface area contributed by atoms with E-state index in [4.69, 9.17) is 27.9 Å². The molecule has 3 aromatic rings. The van der Waals surface area contributed by atoms with Crippen molar-refractivity contribution >= 4 is 41.0 Å². The maximum atomic E-state index is 12.2. The van der Waals surface area contributed by atoms with Gasteiger partial charge in [-0.25, -0.2) is 4.79 Å². The Labute approximate surface area is 196 Å². The van der Waals surface area contributed by atoms with Gasteiger partial charge < -0.3 is 9.47 Å². The lowest BCUT2D eigenvalue weighted by Gasteiger charge is -2.14. The number of amides is 1. The molecule has 0 atom stereocenters. The van der Waals surface area contributed by atoms with Gasteiger partial charge in [0.05, 0.1) is 21.9 Å². The highest BCUT2D eigenvalue weighted by atomic mass is 35.5. The van der Waals surface area contributed by atoms with Gasteiger partial charge in [0.15, 0.2) is 5.75 Å². The largest absolute Gasteiger partial charge is 0.461 e. The van der Waals surface area contributed by atoms with Gasteiger partial charge in [-0.1, -0.05) is 46.5 Å². The molecule has 12 heteroatoms. The van der Waals surface area contributed by atoms with Gasteiger partial charge >= 0.3 is 12.1 Å². The lowest BCUT2D eigenvalue weighted by molar-refractivity contribution is -0.134. The summed E-state index contributed by atoms with van der Waals surface area (Å²) in [4.78, 5) is 34.3. The number of esters is 1. The summed E-state index contributed by atoms with van der Waals surface area (Å²) in [6, 6.07) is 14.3. The van der Waals surface area contributed by atoms with Crippen LogP contribution in [0.25, 0.3) is 5.69 Å². The van der Waals surface area contributed by atoms with E-state index in [2.05, 4.69) is 15.1 Å². The first-order chi connectivity index (χ1) is 15.8. The smallest absolute Gasteiger partial charge is 0.453 e. The molecule has 0 bridgehead atoms. The molecule has 0 N–H and O–H groups in total. The number of para-hydroxylation sites is 1. The lowest BCUT2D eigenvalue weighted by atomic mass is 10.3. The van der Waals surface area contributed by atoms with E-state index in [1.165, 1.54) is 35.0 Å². The Kier molecular flexibility index (Phi) is 7.40. The van der Waals surface area contributed by atoms with Gasteiger partial charge in [0.25, 0.3) is 5.56 Å². The number of hydrogen-bond donors (Lipinski definition) is 0. The number of pyridine rings is 1. The zero-order chi connectivity index (χ0) is 24.0. The van der Waals surface area contributed by atoms with Crippen LogP contribution < -0.4 is 15.3 Å². The highest BCUT2D eigenvalue weighted by Gasteiger charge is 2.16. The summed E-state index contributed by atoms with van der Waals surface area (Å²) in [6.07, 6.45) is 1.85. The number of hydrogen-bond acceptors (Lipinski definition) is 7. The Morgan fingerprint density at radius 1 is 1.09 bits per heavy atom. The Hall–Kier alpha value is -4.20. The third-order valence-electron chi connectivity index (χ3n) is 3.91. The van der Waals surface area contributed by atoms with Crippen LogP contribution in [0.1, 0.15) is 6.92 Å². The van der Waals surface area contributed by atoms with Gasteiger partial charge in [0.2, 0.25) is 6.19 Å². The molecule has 0 aliphatic carbocycles. The minimum absolute atomic E-state index is 0.0109. The Morgan fingerprint density at radius 3 is 2.36 bits per heavy atom. The van der Waals surface area contributed by atoms with Gasteiger partial charge in [0, 0.05) is 18.7 Å². The summed E-state index contributed by atoms with van der Waals surface area (Å²) in [5, 5.41) is 16.4. The Bertz CT molecular complexity index is 1310. The zero-order valence-electron chi connectivity index (χ0n) is 16.8. The number of nitrogens with zero attached hydrogens (tertiary/aromatic N) is 5. The molecule has 10 nitrogen and oxygen atoms in total. The maximum Gasteiger partial charge on any atom is 0.461 e. The van der Waals surface area contributed by atoms with Crippen molar-refractivity contribution in [1.82, 2.24) is 4.57 Å². The quantitative estimate of drug-likeness (QED) is 0.120. The molecule has 0 unspecified atom stereocenters. The fourth-order valence-corrected chi connectivity index (χ4v) is 3.11. The number of rotatable bonds is 5. The minimum atomic E-state index is -1.30. The van der Waals surface area contributed by atoms with Crippen LogP contribution in [-0.4, -0.2) is 16.6 Å².